The van der Waals surface area contributed by atoms with Crippen LogP contribution in [0.5, 0.6) is 11.5 Å². The molecule has 144 valence electrons. The van der Waals surface area contributed by atoms with Crippen molar-refractivity contribution in [2.45, 2.75) is 20.3 Å². The van der Waals surface area contributed by atoms with Crippen molar-refractivity contribution >= 4 is 0 Å². The highest BCUT2D eigenvalue weighted by Crippen LogP contribution is 2.34. The first-order valence-corrected chi connectivity index (χ1v) is 9.77. The van der Waals surface area contributed by atoms with Gasteiger partial charge in [-0.3, -0.25) is 0 Å². The number of phenols is 2. The minimum atomic E-state index is 0.259. The fourth-order valence-electron chi connectivity index (χ4n) is 3.81. The molecule has 2 N–H and O–H groups in total. The van der Waals surface area contributed by atoms with E-state index in [1.165, 1.54) is 11.1 Å². The molecular formula is C27H24O2. The summed E-state index contributed by atoms with van der Waals surface area (Å²) in [5.41, 5.74) is 8.86. The predicted molar refractivity (Wildman–Crippen MR) is 119 cm³/mol. The summed E-state index contributed by atoms with van der Waals surface area (Å²) in [7, 11) is 0. The van der Waals surface area contributed by atoms with Gasteiger partial charge in [0.2, 0.25) is 0 Å². The van der Waals surface area contributed by atoms with Crippen molar-refractivity contribution in [2.75, 3.05) is 0 Å². The zero-order chi connectivity index (χ0) is 20.4. The van der Waals surface area contributed by atoms with E-state index in [1.807, 2.05) is 36.4 Å². The Morgan fingerprint density at radius 3 is 1.41 bits per heavy atom. The molecule has 0 atom stereocenters. The maximum Gasteiger partial charge on any atom is 0.116 e. The molecule has 2 nitrogen and oxygen atoms in total. The highest BCUT2D eigenvalue weighted by Gasteiger charge is 2.12. The summed E-state index contributed by atoms with van der Waals surface area (Å²) in [5, 5.41) is 20.2. The number of aromatic hydroxyl groups is 2. The first-order chi connectivity index (χ1) is 14.0. The summed E-state index contributed by atoms with van der Waals surface area (Å²) >= 11 is 0. The molecule has 0 fully saturated rings. The molecule has 0 amide bonds. The largest absolute Gasteiger partial charge is 0.508 e. The van der Waals surface area contributed by atoms with Gasteiger partial charge < -0.3 is 10.2 Å². The Labute approximate surface area is 171 Å². The standard InChI is InChI=1S/C27H24O2/c1-18-5-3-7-20(13-18)26-16-24(28)11-9-22(26)15-23-10-12-25(29)17-27(23)21-8-4-6-19(2)14-21/h3-14,16-17,28-29H,15H2,1-2H3. The molecule has 0 aliphatic heterocycles. The Kier molecular flexibility index (Phi) is 5.09. The lowest BCUT2D eigenvalue weighted by Crippen LogP contribution is -1.96. The van der Waals surface area contributed by atoms with Crippen LogP contribution in [0.1, 0.15) is 22.3 Å². The zero-order valence-corrected chi connectivity index (χ0v) is 16.7. The van der Waals surface area contributed by atoms with E-state index < -0.39 is 0 Å². The Balaban J connectivity index is 1.82. The summed E-state index contributed by atoms with van der Waals surface area (Å²) in [6, 6.07) is 27.7. The second-order valence-corrected chi connectivity index (χ2v) is 7.60. The van der Waals surface area contributed by atoms with Gasteiger partial charge in [-0.1, -0.05) is 71.8 Å². The van der Waals surface area contributed by atoms with E-state index in [2.05, 4.69) is 50.2 Å². The van der Waals surface area contributed by atoms with E-state index in [0.29, 0.717) is 6.42 Å². The number of benzene rings is 4. The maximum atomic E-state index is 10.1. The molecule has 0 saturated heterocycles. The fraction of sp³-hybridized carbons (Fsp3) is 0.111. The average molecular weight is 380 g/mol. The van der Waals surface area contributed by atoms with Crippen molar-refractivity contribution in [3.8, 4) is 33.8 Å². The van der Waals surface area contributed by atoms with Crippen LogP contribution < -0.4 is 0 Å². The van der Waals surface area contributed by atoms with Crippen molar-refractivity contribution in [3.05, 3.63) is 107 Å². The van der Waals surface area contributed by atoms with Crippen LogP contribution in [-0.4, -0.2) is 10.2 Å². The van der Waals surface area contributed by atoms with Crippen LogP contribution in [0.25, 0.3) is 22.3 Å². The van der Waals surface area contributed by atoms with E-state index in [9.17, 15) is 10.2 Å². The van der Waals surface area contributed by atoms with Gasteiger partial charge in [-0.2, -0.15) is 0 Å². The van der Waals surface area contributed by atoms with E-state index in [1.54, 1.807) is 12.1 Å². The Morgan fingerprint density at radius 1 is 0.552 bits per heavy atom. The van der Waals surface area contributed by atoms with Crippen LogP contribution in [0.15, 0.2) is 84.9 Å². The first-order valence-electron chi connectivity index (χ1n) is 9.77. The number of aryl methyl sites for hydroxylation is 2. The van der Waals surface area contributed by atoms with Gasteiger partial charge in [0.05, 0.1) is 0 Å². The van der Waals surface area contributed by atoms with E-state index in [-0.39, 0.29) is 11.5 Å². The van der Waals surface area contributed by atoms with Crippen LogP contribution in [0.2, 0.25) is 0 Å². The van der Waals surface area contributed by atoms with Gasteiger partial charge in [0.25, 0.3) is 0 Å². The maximum absolute atomic E-state index is 10.1. The van der Waals surface area contributed by atoms with Gasteiger partial charge in [-0.15, -0.1) is 0 Å². The zero-order valence-electron chi connectivity index (χ0n) is 16.7. The van der Waals surface area contributed by atoms with Crippen molar-refractivity contribution in [3.63, 3.8) is 0 Å². The highest BCUT2D eigenvalue weighted by molar-refractivity contribution is 5.73. The second kappa shape index (κ2) is 7.84. The lowest BCUT2D eigenvalue weighted by Gasteiger charge is -2.15. The van der Waals surface area contributed by atoms with E-state index in [0.717, 1.165) is 33.4 Å². The highest BCUT2D eigenvalue weighted by atomic mass is 16.3. The molecule has 0 aliphatic rings. The van der Waals surface area contributed by atoms with Crippen LogP contribution in [0, 0.1) is 13.8 Å². The van der Waals surface area contributed by atoms with Crippen molar-refractivity contribution in [1.82, 2.24) is 0 Å². The van der Waals surface area contributed by atoms with Gasteiger partial charge >= 0.3 is 0 Å². The lowest BCUT2D eigenvalue weighted by atomic mass is 9.90. The smallest absolute Gasteiger partial charge is 0.116 e. The van der Waals surface area contributed by atoms with E-state index >= 15 is 0 Å². The summed E-state index contributed by atoms with van der Waals surface area (Å²) in [4.78, 5) is 0. The van der Waals surface area contributed by atoms with Crippen molar-refractivity contribution < 1.29 is 10.2 Å². The second-order valence-electron chi connectivity index (χ2n) is 7.60. The van der Waals surface area contributed by atoms with Crippen LogP contribution in [-0.2, 0) is 6.42 Å². The predicted octanol–water partition coefficient (Wildman–Crippen LogP) is 6.64. The third-order valence-corrected chi connectivity index (χ3v) is 5.23. The quantitative estimate of drug-likeness (QED) is 0.417. The average Bonchev–Trinajstić information content (AvgIpc) is 2.70. The van der Waals surface area contributed by atoms with Gasteiger partial charge in [-0.25, -0.2) is 0 Å². The molecule has 0 unspecified atom stereocenters. The molecule has 4 rings (SSSR count). The Hall–Kier alpha value is -3.52. The Morgan fingerprint density at radius 2 is 1.00 bits per heavy atom. The van der Waals surface area contributed by atoms with Crippen LogP contribution in [0.3, 0.4) is 0 Å². The molecule has 0 aliphatic carbocycles. The molecule has 4 aromatic rings. The topological polar surface area (TPSA) is 40.5 Å². The fourth-order valence-corrected chi connectivity index (χ4v) is 3.81. The van der Waals surface area contributed by atoms with Gasteiger partial charge in [0.15, 0.2) is 0 Å². The van der Waals surface area contributed by atoms with Gasteiger partial charge in [-0.05, 0) is 77.9 Å². The minimum absolute atomic E-state index is 0.259. The molecule has 0 aromatic heterocycles. The number of phenolic OH excluding ortho intramolecular Hbond substituents is 2. The summed E-state index contributed by atoms with van der Waals surface area (Å²) in [6.45, 7) is 4.14. The molecule has 2 heteroatoms. The summed E-state index contributed by atoms with van der Waals surface area (Å²) < 4.78 is 0. The number of hydrogen-bond donors (Lipinski definition) is 2. The van der Waals surface area contributed by atoms with Gasteiger partial charge in [0.1, 0.15) is 11.5 Å². The van der Waals surface area contributed by atoms with E-state index in [4.69, 9.17) is 0 Å². The minimum Gasteiger partial charge on any atom is -0.508 e. The number of hydrogen-bond acceptors (Lipinski definition) is 2. The third-order valence-electron chi connectivity index (χ3n) is 5.23. The summed E-state index contributed by atoms with van der Waals surface area (Å²) in [6.07, 6.45) is 0.701. The molecule has 4 aromatic carbocycles. The van der Waals surface area contributed by atoms with Crippen LogP contribution in [0.4, 0.5) is 0 Å². The first kappa shape index (κ1) is 18.8. The normalized spacial score (nSPS) is 10.8. The lowest BCUT2D eigenvalue weighted by molar-refractivity contribution is 0.475. The molecule has 29 heavy (non-hydrogen) atoms. The Bertz CT molecular complexity index is 1080. The van der Waals surface area contributed by atoms with Crippen molar-refractivity contribution in [1.29, 1.82) is 0 Å². The molecule has 0 heterocycles. The molecule has 0 spiro atoms. The molecule has 0 bridgehead atoms. The van der Waals surface area contributed by atoms with Gasteiger partial charge in [0, 0.05) is 0 Å². The SMILES string of the molecule is Cc1cccc(-c2cc(O)ccc2Cc2ccc(O)cc2-c2cccc(C)c2)c1. The molecule has 0 radical (unpaired) electrons. The number of rotatable bonds is 4. The molecule has 0 saturated carbocycles. The van der Waals surface area contributed by atoms with Crippen molar-refractivity contribution in [2.24, 2.45) is 0 Å². The van der Waals surface area contributed by atoms with Crippen LogP contribution >= 0.6 is 0 Å². The third kappa shape index (κ3) is 4.17. The monoisotopic (exact) mass is 380 g/mol. The molecular weight excluding hydrogens is 356 g/mol. The summed E-state index contributed by atoms with van der Waals surface area (Å²) in [5.74, 6) is 0.518.